The highest BCUT2D eigenvalue weighted by molar-refractivity contribution is 9.11. The van der Waals surface area contributed by atoms with Crippen LogP contribution in [0.2, 0.25) is 0 Å². The van der Waals surface area contributed by atoms with E-state index in [-0.39, 0.29) is 19.0 Å². The summed E-state index contributed by atoms with van der Waals surface area (Å²) >= 11 is 4.50. The van der Waals surface area contributed by atoms with Gasteiger partial charge in [0.05, 0.1) is 25.0 Å². The predicted octanol–water partition coefficient (Wildman–Crippen LogP) is 2.42. The van der Waals surface area contributed by atoms with Crippen molar-refractivity contribution >= 4 is 39.1 Å². The number of thiazole rings is 1. The van der Waals surface area contributed by atoms with Crippen molar-refractivity contribution in [2.75, 3.05) is 13.7 Å². The summed E-state index contributed by atoms with van der Waals surface area (Å²) in [5.41, 5.74) is 1.32. The molecule has 1 amide bonds. The second kappa shape index (κ2) is 7.46. The van der Waals surface area contributed by atoms with Gasteiger partial charge >= 0.3 is 5.97 Å². The number of ether oxygens (including phenoxy) is 1. The van der Waals surface area contributed by atoms with Crippen molar-refractivity contribution in [1.82, 2.24) is 14.9 Å². The summed E-state index contributed by atoms with van der Waals surface area (Å²) in [5, 5.41) is 0. The Morgan fingerprint density at radius 1 is 1.41 bits per heavy atom. The fraction of sp³-hybridized carbons (Fsp3) is 0.286. The summed E-state index contributed by atoms with van der Waals surface area (Å²) in [5.74, 6) is -0.748. The smallest absolute Gasteiger partial charge is 0.325 e. The molecule has 0 radical (unpaired) electrons. The molecule has 0 atom stereocenters. The number of pyridine rings is 1. The molecule has 116 valence electrons. The van der Waals surface area contributed by atoms with E-state index in [2.05, 4.69) is 30.6 Å². The first-order chi connectivity index (χ1) is 10.5. The van der Waals surface area contributed by atoms with Gasteiger partial charge in [-0.1, -0.05) is 6.07 Å². The molecule has 2 aromatic rings. The third kappa shape index (κ3) is 4.11. The van der Waals surface area contributed by atoms with Gasteiger partial charge in [0.1, 0.15) is 11.4 Å². The maximum absolute atomic E-state index is 12.7. The van der Waals surface area contributed by atoms with Gasteiger partial charge in [0.25, 0.3) is 5.91 Å². The number of hydrogen-bond donors (Lipinski definition) is 0. The lowest BCUT2D eigenvalue weighted by atomic mass is 10.3. The summed E-state index contributed by atoms with van der Waals surface area (Å²) in [6, 6.07) is 5.42. The first kappa shape index (κ1) is 16.6. The summed E-state index contributed by atoms with van der Waals surface area (Å²) in [6.45, 7) is 1.84. The molecular weight excluding hydrogens is 370 g/mol. The molecular formula is C14H14BrN3O3S. The van der Waals surface area contributed by atoms with Crippen molar-refractivity contribution in [2.24, 2.45) is 0 Å². The first-order valence-corrected chi connectivity index (χ1v) is 8.01. The minimum absolute atomic E-state index is 0.138. The Kier molecular flexibility index (Phi) is 5.62. The number of methoxy groups -OCH3 is 1. The fourth-order valence-corrected chi connectivity index (χ4v) is 3.32. The zero-order valence-corrected chi connectivity index (χ0v) is 14.5. The number of hydrogen-bond acceptors (Lipinski definition) is 6. The van der Waals surface area contributed by atoms with E-state index in [1.165, 1.54) is 23.3 Å². The molecule has 0 aromatic carbocycles. The highest BCUT2D eigenvalue weighted by Crippen LogP contribution is 2.24. The van der Waals surface area contributed by atoms with Gasteiger partial charge < -0.3 is 9.64 Å². The van der Waals surface area contributed by atoms with Gasteiger partial charge in [-0.05, 0) is 35.0 Å². The van der Waals surface area contributed by atoms with E-state index < -0.39 is 5.97 Å². The molecule has 2 heterocycles. The van der Waals surface area contributed by atoms with Crippen LogP contribution in [0.4, 0.5) is 0 Å². The highest BCUT2D eigenvalue weighted by atomic mass is 79.9. The molecule has 0 aliphatic rings. The third-order valence-electron chi connectivity index (χ3n) is 2.88. The van der Waals surface area contributed by atoms with Crippen molar-refractivity contribution in [1.29, 1.82) is 0 Å². The van der Waals surface area contributed by atoms with Crippen LogP contribution in [0.15, 0.2) is 28.3 Å². The van der Waals surface area contributed by atoms with E-state index >= 15 is 0 Å². The standard InChI is InChI=1S/C14H14BrN3O3S/c1-9-12(22-14(15)17-9)13(20)18(8-11(19)21-2)7-10-5-3-4-6-16-10/h3-6H,7-8H2,1-2H3. The molecule has 0 aliphatic carbocycles. The van der Waals surface area contributed by atoms with Gasteiger partial charge in [-0.15, -0.1) is 11.3 Å². The molecule has 8 heteroatoms. The fourth-order valence-electron chi connectivity index (χ4n) is 1.81. The Morgan fingerprint density at radius 2 is 2.18 bits per heavy atom. The number of carbonyl (C=O) groups excluding carboxylic acids is 2. The van der Waals surface area contributed by atoms with Crippen LogP contribution in [0.3, 0.4) is 0 Å². The third-order valence-corrected chi connectivity index (χ3v) is 4.48. The molecule has 0 aliphatic heterocycles. The Labute approximate surface area is 140 Å². The lowest BCUT2D eigenvalue weighted by molar-refractivity contribution is -0.141. The van der Waals surface area contributed by atoms with Crippen LogP contribution in [0, 0.1) is 6.92 Å². The average molecular weight is 384 g/mol. The van der Waals surface area contributed by atoms with Crippen LogP contribution < -0.4 is 0 Å². The number of aromatic nitrogens is 2. The average Bonchev–Trinajstić information content (AvgIpc) is 2.85. The van der Waals surface area contributed by atoms with Gasteiger partial charge in [0.2, 0.25) is 0 Å². The lowest BCUT2D eigenvalue weighted by Crippen LogP contribution is -2.36. The second-order valence-electron chi connectivity index (χ2n) is 4.44. The van der Waals surface area contributed by atoms with Crippen LogP contribution in [0.25, 0.3) is 0 Å². The van der Waals surface area contributed by atoms with Gasteiger partial charge in [-0.25, -0.2) is 4.98 Å². The molecule has 2 rings (SSSR count). The van der Waals surface area contributed by atoms with Crippen molar-refractivity contribution in [3.63, 3.8) is 0 Å². The van der Waals surface area contributed by atoms with E-state index in [0.29, 0.717) is 20.2 Å². The SMILES string of the molecule is COC(=O)CN(Cc1ccccn1)C(=O)c1sc(Br)nc1C. The van der Waals surface area contributed by atoms with Crippen molar-refractivity contribution in [2.45, 2.75) is 13.5 Å². The maximum Gasteiger partial charge on any atom is 0.325 e. The summed E-state index contributed by atoms with van der Waals surface area (Å²) < 4.78 is 5.29. The van der Waals surface area contributed by atoms with Gasteiger partial charge in [-0.2, -0.15) is 0 Å². The van der Waals surface area contributed by atoms with Crippen LogP contribution in [-0.4, -0.2) is 40.4 Å². The van der Waals surface area contributed by atoms with Gasteiger partial charge in [-0.3, -0.25) is 14.6 Å². The number of rotatable bonds is 5. The maximum atomic E-state index is 12.7. The number of esters is 1. The molecule has 0 unspecified atom stereocenters. The Morgan fingerprint density at radius 3 is 2.73 bits per heavy atom. The van der Waals surface area contributed by atoms with Crippen LogP contribution in [0.1, 0.15) is 21.1 Å². The Balaban J connectivity index is 2.25. The number of halogens is 1. The second-order valence-corrected chi connectivity index (χ2v) is 6.71. The molecule has 0 bridgehead atoms. The summed E-state index contributed by atoms with van der Waals surface area (Å²) in [6.07, 6.45) is 1.64. The summed E-state index contributed by atoms with van der Waals surface area (Å²) in [4.78, 5) is 34.5. The van der Waals surface area contributed by atoms with E-state index in [1.807, 2.05) is 6.07 Å². The molecule has 0 saturated carbocycles. The monoisotopic (exact) mass is 383 g/mol. The van der Waals surface area contributed by atoms with Crippen LogP contribution in [-0.2, 0) is 16.1 Å². The number of amides is 1. The van der Waals surface area contributed by atoms with Crippen molar-refractivity contribution < 1.29 is 14.3 Å². The normalized spacial score (nSPS) is 10.3. The molecule has 0 saturated heterocycles. The largest absolute Gasteiger partial charge is 0.468 e. The van der Waals surface area contributed by atoms with E-state index in [9.17, 15) is 9.59 Å². The zero-order valence-electron chi connectivity index (χ0n) is 12.1. The number of aryl methyl sites for hydroxylation is 1. The predicted molar refractivity (Wildman–Crippen MR) is 85.5 cm³/mol. The number of nitrogens with zero attached hydrogens (tertiary/aromatic N) is 3. The highest BCUT2D eigenvalue weighted by Gasteiger charge is 2.24. The Hall–Kier alpha value is -1.80. The quantitative estimate of drug-likeness (QED) is 0.741. The van der Waals surface area contributed by atoms with E-state index in [1.54, 1.807) is 25.3 Å². The van der Waals surface area contributed by atoms with Crippen molar-refractivity contribution in [3.8, 4) is 0 Å². The zero-order chi connectivity index (χ0) is 16.1. The van der Waals surface area contributed by atoms with E-state index in [4.69, 9.17) is 0 Å². The van der Waals surface area contributed by atoms with Crippen LogP contribution >= 0.6 is 27.3 Å². The molecule has 2 aromatic heterocycles. The van der Waals surface area contributed by atoms with Gasteiger partial charge in [0.15, 0.2) is 3.92 Å². The Bertz CT molecular complexity index is 675. The van der Waals surface area contributed by atoms with E-state index in [0.717, 1.165) is 0 Å². The molecule has 0 fully saturated rings. The topological polar surface area (TPSA) is 72.4 Å². The van der Waals surface area contributed by atoms with Crippen molar-refractivity contribution in [3.05, 3.63) is 44.6 Å². The number of carbonyl (C=O) groups is 2. The summed E-state index contributed by atoms with van der Waals surface area (Å²) in [7, 11) is 1.29. The molecule has 0 spiro atoms. The first-order valence-electron chi connectivity index (χ1n) is 6.40. The minimum Gasteiger partial charge on any atom is -0.468 e. The lowest BCUT2D eigenvalue weighted by Gasteiger charge is -2.20. The minimum atomic E-state index is -0.481. The molecule has 0 N–H and O–H groups in total. The molecule has 6 nitrogen and oxygen atoms in total. The van der Waals surface area contributed by atoms with Gasteiger partial charge in [0, 0.05) is 6.20 Å². The molecule has 22 heavy (non-hydrogen) atoms. The van der Waals surface area contributed by atoms with Crippen LogP contribution in [0.5, 0.6) is 0 Å².